The van der Waals surface area contributed by atoms with Crippen molar-refractivity contribution in [1.82, 2.24) is 4.98 Å². The number of anilines is 3. The second-order valence-corrected chi connectivity index (χ2v) is 6.81. The summed E-state index contributed by atoms with van der Waals surface area (Å²) in [7, 11) is 0. The minimum absolute atomic E-state index is 0.00352. The number of pyridine rings is 1. The van der Waals surface area contributed by atoms with Crippen LogP contribution in [0, 0.1) is 11.6 Å². The van der Waals surface area contributed by atoms with E-state index in [0.717, 1.165) is 18.5 Å². The van der Waals surface area contributed by atoms with Crippen molar-refractivity contribution in [1.29, 1.82) is 0 Å². The lowest BCUT2D eigenvalue weighted by molar-refractivity contribution is 0.179. The molecular weight excluding hydrogens is 358 g/mol. The topological polar surface area (TPSA) is 36.4 Å². The molecule has 3 rings (SSSR count). The van der Waals surface area contributed by atoms with Gasteiger partial charge in [0.25, 0.3) is 0 Å². The van der Waals surface area contributed by atoms with Crippen LogP contribution in [0.3, 0.4) is 0 Å². The van der Waals surface area contributed by atoms with Crippen molar-refractivity contribution in [2.45, 2.75) is 32.1 Å². The second kappa shape index (κ2) is 8.48. The molecule has 0 amide bonds. The van der Waals surface area contributed by atoms with Gasteiger partial charge in [-0.1, -0.05) is 19.9 Å². The van der Waals surface area contributed by atoms with Gasteiger partial charge >= 0.3 is 0 Å². The Morgan fingerprint density at radius 3 is 1.75 bits per heavy atom. The van der Waals surface area contributed by atoms with Gasteiger partial charge in [-0.05, 0) is 73.5 Å². The van der Waals surface area contributed by atoms with Crippen LogP contribution < -0.4 is 4.90 Å². The van der Waals surface area contributed by atoms with E-state index in [1.807, 2.05) is 36.9 Å². The molecule has 0 saturated carbocycles. The first kappa shape index (κ1) is 20.0. The molecule has 0 aliphatic rings. The standard InChI is InChI=1S/C23H24F2N2O/c1-3-23(4-2,16-28)21-6-5-7-22(26-21)27(19-12-8-17(24)9-13-19)20-14-10-18(25)11-15-20/h5-15,28H,3-4,16H2,1-2H3. The summed E-state index contributed by atoms with van der Waals surface area (Å²) < 4.78 is 26.9. The van der Waals surface area contributed by atoms with Gasteiger partial charge in [-0.15, -0.1) is 0 Å². The van der Waals surface area contributed by atoms with Crippen molar-refractivity contribution in [3.05, 3.63) is 84.1 Å². The van der Waals surface area contributed by atoms with Gasteiger partial charge < -0.3 is 5.11 Å². The molecule has 146 valence electrons. The first-order chi connectivity index (χ1) is 13.5. The number of nitrogens with zero attached hydrogens (tertiary/aromatic N) is 2. The third kappa shape index (κ3) is 3.90. The van der Waals surface area contributed by atoms with Crippen LogP contribution >= 0.6 is 0 Å². The average molecular weight is 382 g/mol. The Labute approximate surface area is 164 Å². The fourth-order valence-electron chi connectivity index (χ4n) is 3.35. The number of hydrogen-bond donors (Lipinski definition) is 1. The number of aliphatic hydroxyl groups is 1. The highest BCUT2D eigenvalue weighted by Crippen LogP contribution is 2.36. The van der Waals surface area contributed by atoms with Crippen LogP contribution in [-0.2, 0) is 5.41 Å². The quantitative estimate of drug-likeness (QED) is 0.554. The van der Waals surface area contributed by atoms with E-state index < -0.39 is 5.41 Å². The maximum Gasteiger partial charge on any atom is 0.137 e. The fraction of sp³-hybridized carbons (Fsp3) is 0.261. The van der Waals surface area contributed by atoms with Crippen LogP contribution in [0.15, 0.2) is 66.7 Å². The molecule has 0 bridgehead atoms. The highest BCUT2D eigenvalue weighted by Gasteiger charge is 2.30. The number of aliphatic hydroxyl groups excluding tert-OH is 1. The lowest BCUT2D eigenvalue weighted by Gasteiger charge is -2.31. The van der Waals surface area contributed by atoms with E-state index in [2.05, 4.69) is 0 Å². The van der Waals surface area contributed by atoms with Gasteiger partial charge in [-0.25, -0.2) is 13.8 Å². The summed E-state index contributed by atoms with van der Waals surface area (Å²) in [6.07, 6.45) is 1.51. The summed E-state index contributed by atoms with van der Waals surface area (Å²) in [5, 5.41) is 10.0. The number of halogens is 2. The van der Waals surface area contributed by atoms with Gasteiger partial charge in [0.1, 0.15) is 17.5 Å². The molecule has 0 atom stereocenters. The molecule has 0 fully saturated rings. The van der Waals surface area contributed by atoms with Crippen molar-refractivity contribution in [3.8, 4) is 0 Å². The molecule has 0 saturated heterocycles. The zero-order valence-corrected chi connectivity index (χ0v) is 16.1. The van der Waals surface area contributed by atoms with Crippen LogP contribution in [0.5, 0.6) is 0 Å². The van der Waals surface area contributed by atoms with Gasteiger partial charge in [0.05, 0.1) is 12.3 Å². The molecule has 0 aliphatic heterocycles. The maximum absolute atomic E-state index is 13.5. The zero-order valence-electron chi connectivity index (χ0n) is 16.1. The van der Waals surface area contributed by atoms with E-state index in [9.17, 15) is 13.9 Å². The van der Waals surface area contributed by atoms with E-state index in [0.29, 0.717) is 17.2 Å². The van der Waals surface area contributed by atoms with Crippen LogP contribution in [0.1, 0.15) is 32.4 Å². The summed E-state index contributed by atoms with van der Waals surface area (Å²) in [5.41, 5.74) is 1.79. The Hall–Kier alpha value is -2.79. The number of benzene rings is 2. The van der Waals surface area contributed by atoms with Crippen molar-refractivity contribution < 1.29 is 13.9 Å². The molecule has 5 heteroatoms. The highest BCUT2D eigenvalue weighted by molar-refractivity contribution is 5.74. The first-order valence-electron chi connectivity index (χ1n) is 9.42. The van der Waals surface area contributed by atoms with E-state index in [4.69, 9.17) is 4.98 Å². The van der Waals surface area contributed by atoms with Gasteiger partial charge in [0.2, 0.25) is 0 Å². The molecule has 0 unspecified atom stereocenters. The van der Waals surface area contributed by atoms with E-state index in [1.165, 1.54) is 24.3 Å². The molecule has 0 aliphatic carbocycles. The van der Waals surface area contributed by atoms with Crippen molar-refractivity contribution in [2.75, 3.05) is 11.5 Å². The lowest BCUT2D eigenvalue weighted by atomic mass is 9.79. The highest BCUT2D eigenvalue weighted by atomic mass is 19.1. The van der Waals surface area contributed by atoms with Crippen molar-refractivity contribution >= 4 is 17.2 Å². The number of hydrogen-bond acceptors (Lipinski definition) is 3. The number of rotatable bonds is 7. The molecule has 28 heavy (non-hydrogen) atoms. The normalized spacial score (nSPS) is 11.5. The zero-order chi connectivity index (χ0) is 20.1. The predicted molar refractivity (Wildman–Crippen MR) is 108 cm³/mol. The van der Waals surface area contributed by atoms with Crippen molar-refractivity contribution in [3.63, 3.8) is 0 Å². The fourth-order valence-corrected chi connectivity index (χ4v) is 3.35. The third-order valence-corrected chi connectivity index (χ3v) is 5.33. The second-order valence-electron chi connectivity index (χ2n) is 6.81. The molecule has 3 aromatic rings. The van der Waals surface area contributed by atoms with Crippen LogP contribution in [0.25, 0.3) is 0 Å². The monoisotopic (exact) mass is 382 g/mol. The molecule has 1 N–H and O–H groups in total. The Kier molecular flexibility index (Phi) is 6.05. The summed E-state index contributed by atoms with van der Waals surface area (Å²) in [4.78, 5) is 6.68. The summed E-state index contributed by atoms with van der Waals surface area (Å²) >= 11 is 0. The van der Waals surface area contributed by atoms with Gasteiger partial charge in [-0.3, -0.25) is 4.90 Å². The summed E-state index contributed by atoms with van der Waals surface area (Å²) in [6, 6.07) is 17.8. The number of aromatic nitrogens is 1. The minimum Gasteiger partial charge on any atom is -0.395 e. The van der Waals surface area contributed by atoms with Gasteiger partial charge in [0.15, 0.2) is 0 Å². The minimum atomic E-state index is -0.423. The van der Waals surface area contributed by atoms with Crippen LogP contribution in [0.4, 0.5) is 26.0 Å². The Balaban J connectivity index is 2.14. The molecule has 2 aromatic carbocycles. The van der Waals surface area contributed by atoms with Gasteiger partial charge in [-0.2, -0.15) is 0 Å². The smallest absolute Gasteiger partial charge is 0.137 e. The lowest BCUT2D eigenvalue weighted by Crippen LogP contribution is -2.30. The van der Waals surface area contributed by atoms with Crippen LogP contribution in [-0.4, -0.2) is 16.7 Å². The van der Waals surface area contributed by atoms with Crippen molar-refractivity contribution in [2.24, 2.45) is 0 Å². The predicted octanol–water partition coefficient (Wildman–Crippen LogP) is 5.88. The molecule has 0 spiro atoms. The van der Waals surface area contributed by atoms with Gasteiger partial charge in [0, 0.05) is 16.8 Å². The molecule has 1 heterocycles. The third-order valence-electron chi connectivity index (χ3n) is 5.33. The molecule has 0 radical (unpaired) electrons. The Morgan fingerprint density at radius 2 is 1.32 bits per heavy atom. The molecular formula is C23H24F2N2O. The summed E-state index contributed by atoms with van der Waals surface area (Å²) in [6.45, 7) is 4.07. The Bertz CT molecular complexity index is 853. The van der Waals surface area contributed by atoms with E-state index in [1.54, 1.807) is 24.3 Å². The first-order valence-corrected chi connectivity index (χ1v) is 9.42. The van der Waals surface area contributed by atoms with E-state index >= 15 is 0 Å². The summed E-state index contributed by atoms with van der Waals surface area (Å²) in [5.74, 6) is -0.0444. The SMILES string of the molecule is CCC(CC)(CO)c1cccc(N(c2ccc(F)cc2)c2ccc(F)cc2)n1. The Morgan fingerprint density at radius 1 is 0.821 bits per heavy atom. The largest absolute Gasteiger partial charge is 0.395 e. The average Bonchev–Trinajstić information content (AvgIpc) is 2.73. The molecule has 3 nitrogen and oxygen atoms in total. The van der Waals surface area contributed by atoms with Crippen LogP contribution in [0.2, 0.25) is 0 Å². The molecule has 1 aromatic heterocycles. The maximum atomic E-state index is 13.5. The van der Waals surface area contributed by atoms with E-state index in [-0.39, 0.29) is 18.2 Å².